The Balaban J connectivity index is 0.000000397. The Morgan fingerprint density at radius 2 is 1.79 bits per heavy atom. The van der Waals surface area contributed by atoms with E-state index >= 15 is 0 Å². The zero-order chi connectivity index (χ0) is 22.2. The van der Waals surface area contributed by atoms with Gasteiger partial charge in [-0.05, 0) is 69.5 Å². The van der Waals surface area contributed by atoms with Gasteiger partial charge >= 0.3 is 0 Å². The van der Waals surface area contributed by atoms with Crippen LogP contribution in [-0.2, 0) is 11.8 Å². The molecule has 0 fully saturated rings. The molecule has 3 rings (SSSR count). The van der Waals surface area contributed by atoms with Crippen LogP contribution < -0.4 is 5.32 Å². The van der Waals surface area contributed by atoms with Crippen LogP contribution in [0.1, 0.15) is 44.7 Å². The lowest BCUT2D eigenvalue weighted by atomic mass is 10.2. The number of benzene rings is 2. The van der Waals surface area contributed by atoms with E-state index < -0.39 is 0 Å². The average molecular weight is 418 g/mol. The number of nitrogens with one attached hydrogen (secondary N) is 1. The fourth-order valence-electron chi connectivity index (χ4n) is 2.44. The Hall–Kier alpha value is -2.17. The zero-order valence-corrected chi connectivity index (χ0v) is 19.5. The summed E-state index contributed by atoms with van der Waals surface area (Å²) in [6.45, 7) is 13.9. The maximum atomic E-state index is 8.00. The summed E-state index contributed by atoms with van der Waals surface area (Å²) in [5, 5.41) is 4.19. The summed E-state index contributed by atoms with van der Waals surface area (Å²) in [4.78, 5) is 12.3. The van der Waals surface area contributed by atoms with E-state index in [-0.39, 0.29) is 0 Å². The first kappa shape index (κ1) is 26.8. The molecule has 2 aromatic carbocycles. The van der Waals surface area contributed by atoms with E-state index in [2.05, 4.69) is 56.2 Å². The molecule has 1 atom stereocenters. The highest BCUT2D eigenvalue weighted by Crippen LogP contribution is 2.14. The molecule has 160 valence electrons. The number of imidazole rings is 1. The van der Waals surface area contributed by atoms with Crippen molar-refractivity contribution in [3.8, 4) is 0 Å². The van der Waals surface area contributed by atoms with Crippen LogP contribution in [-0.4, -0.2) is 28.9 Å². The second-order valence-electron chi connectivity index (χ2n) is 6.86. The summed E-state index contributed by atoms with van der Waals surface area (Å²) in [5.74, 6) is 0. The molecule has 1 aromatic heterocycles. The van der Waals surface area contributed by atoms with Crippen molar-refractivity contribution in [3.63, 3.8) is 0 Å². The molecule has 0 bridgehead atoms. The topological polar surface area (TPSA) is 46.9 Å². The van der Waals surface area contributed by atoms with Gasteiger partial charge in [-0.1, -0.05) is 49.7 Å². The van der Waals surface area contributed by atoms with Crippen molar-refractivity contribution in [1.29, 1.82) is 0 Å². The van der Waals surface area contributed by atoms with Crippen molar-refractivity contribution in [2.24, 2.45) is 7.05 Å². The Labute approximate surface area is 181 Å². The van der Waals surface area contributed by atoms with Crippen LogP contribution in [0.3, 0.4) is 0 Å². The van der Waals surface area contributed by atoms with Crippen molar-refractivity contribution in [2.45, 2.75) is 53.5 Å². The van der Waals surface area contributed by atoms with E-state index in [4.69, 9.17) is 16.4 Å². The molecule has 1 unspecified atom stereocenters. The van der Waals surface area contributed by atoms with E-state index in [1.807, 2.05) is 55.9 Å². The third kappa shape index (κ3) is 10.8. The number of aromatic nitrogens is 2. The number of fused-ring (bicyclic) bond motifs is 1. The van der Waals surface area contributed by atoms with Crippen LogP contribution in [0.4, 0.5) is 0 Å². The van der Waals surface area contributed by atoms with Gasteiger partial charge in [-0.25, -0.2) is 4.98 Å². The highest BCUT2D eigenvalue weighted by Gasteiger charge is 1.99. The van der Waals surface area contributed by atoms with Gasteiger partial charge in [0.2, 0.25) is 0 Å². The van der Waals surface area contributed by atoms with Crippen LogP contribution in [0.5, 0.6) is 0 Å². The van der Waals surface area contributed by atoms with E-state index in [9.17, 15) is 0 Å². The SMILES string of the molecule is C=O.CCCNC(C)CC.Cc1cccc(Cl)c1.Cc1cccc2c1ncn2C. The number of hydrogen-bond donors (Lipinski definition) is 1. The number of hydrogen-bond acceptors (Lipinski definition) is 3. The standard InChI is InChI=1S/C9H10N2.C7H7Cl.C7H17N.CH2O/c1-7-4-3-5-8-9(7)10-6-11(8)2;1-6-3-2-4-7(8)5-6;1-4-6-8-7(3)5-2;1-2/h3-6H,1-2H3;2-5H,1H3;7-8H,4-6H2,1-3H3;1H2. The summed E-state index contributed by atoms with van der Waals surface area (Å²) in [5.41, 5.74) is 4.75. The number of carbonyl (C=O) groups is 1. The maximum Gasteiger partial charge on any atom is 0.106 e. The van der Waals surface area contributed by atoms with Crippen LogP contribution in [0.25, 0.3) is 11.0 Å². The average Bonchev–Trinajstić information content (AvgIpc) is 3.11. The second kappa shape index (κ2) is 15.7. The lowest BCUT2D eigenvalue weighted by Crippen LogP contribution is -2.25. The summed E-state index contributed by atoms with van der Waals surface area (Å²) in [6.07, 6.45) is 4.32. The minimum atomic E-state index is 0.704. The number of para-hydroxylation sites is 1. The zero-order valence-electron chi connectivity index (χ0n) is 18.7. The van der Waals surface area contributed by atoms with Crippen LogP contribution in [0.2, 0.25) is 5.02 Å². The quantitative estimate of drug-likeness (QED) is 0.555. The summed E-state index contributed by atoms with van der Waals surface area (Å²) >= 11 is 5.64. The highest BCUT2D eigenvalue weighted by molar-refractivity contribution is 6.30. The summed E-state index contributed by atoms with van der Waals surface area (Å²) in [6, 6.07) is 14.7. The third-order valence-electron chi connectivity index (χ3n) is 4.29. The number of carbonyl (C=O) groups excluding carboxylic acids is 1. The Bertz CT molecular complexity index is 799. The van der Waals surface area contributed by atoms with Crippen LogP contribution >= 0.6 is 11.6 Å². The lowest BCUT2D eigenvalue weighted by molar-refractivity contribution is -0.0979. The molecular weight excluding hydrogens is 382 g/mol. The van der Waals surface area contributed by atoms with Gasteiger partial charge in [-0.3, -0.25) is 0 Å². The molecule has 0 saturated carbocycles. The van der Waals surface area contributed by atoms with Crippen molar-refractivity contribution in [2.75, 3.05) is 6.54 Å². The van der Waals surface area contributed by atoms with Gasteiger partial charge in [0.1, 0.15) is 6.79 Å². The number of rotatable bonds is 4. The molecule has 0 aliphatic heterocycles. The monoisotopic (exact) mass is 417 g/mol. The Morgan fingerprint density at radius 3 is 2.28 bits per heavy atom. The highest BCUT2D eigenvalue weighted by atomic mass is 35.5. The summed E-state index contributed by atoms with van der Waals surface area (Å²) in [7, 11) is 2.01. The summed E-state index contributed by atoms with van der Waals surface area (Å²) < 4.78 is 2.03. The van der Waals surface area contributed by atoms with Crippen LogP contribution in [0, 0.1) is 13.8 Å². The lowest BCUT2D eigenvalue weighted by Gasteiger charge is -2.08. The molecule has 0 saturated heterocycles. The number of aryl methyl sites for hydroxylation is 3. The van der Waals surface area contributed by atoms with Gasteiger partial charge in [-0.15, -0.1) is 0 Å². The van der Waals surface area contributed by atoms with Gasteiger partial charge in [0.05, 0.1) is 17.4 Å². The molecule has 0 radical (unpaired) electrons. The molecular formula is C24H36ClN3O. The molecule has 3 aromatic rings. The normalized spacial score (nSPS) is 10.6. The molecule has 0 spiro atoms. The van der Waals surface area contributed by atoms with E-state index in [0.717, 1.165) is 17.1 Å². The molecule has 0 amide bonds. The van der Waals surface area contributed by atoms with Gasteiger partial charge < -0.3 is 14.7 Å². The predicted molar refractivity (Wildman–Crippen MR) is 127 cm³/mol. The van der Waals surface area contributed by atoms with Crippen molar-refractivity contribution in [3.05, 3.63) is 64.9 Å². The van der Waals surface area contributed by atoms with Gasteiger partial charge in [0, 0.05) is 18.1 Å². The molecule has 5 heteroatoms. The predicted octanol–water partition coefficient (Wildman–Crippen LogP) is 6.13. The smallest absolute Gasteiger partial charge is 0.106 e. The molecule has 29 heavy (non-hydrogen) atoms. The van der Waals surface area contributed by atoms with Crippen molar-refractivity contribution < 1.29 is 4.79 Å². The molecule has 1 heterocycles. The minimum absolute atomic E-state index is 0.704. The van der Waals surface area contributed by atoms with Gasteiger partial charge in [0.25, 0.3) is 0 Å². The Kier molecular flexibility index (Phi) is 14.5. The van der Waals surface area contributed by atoms with Crippen LogP contribution in [0.15, 0.2) is 48.8 Å². The number of nitrogens with zero attached hydrogens (tertiary/aromatic N) is 2. The van der Waals surface area contributed by atoms with E-state index in [1.165, 1.54) is 29.5 Å². The van der Waals surface area contributed by atoms with Gasteiger partial charge in [0.15, 0.2) is 0 Å². The molecule has 0 aliphatic rings. The maximum absolute atomic E-state index is 8.00. The molecule has 0 aliphatic carbocycles. The largest absolute Gasteiger partial charge is 0.334 e. The van der Waals surface area contributed by atoms with Crippen molar-refractivity contribution >= 4 is 29.4 Å². The second-order valence-corrected chi connectivity index (χ2v) is 7.30. The number of halogens is 1. The first-order valence-corrected chi connectivity index (χ1v) is 10.4. The molecule has 1 N–H and O–H groups in total. The Morgan fingerprint density at radius 1 is 1.14 bits per heavy atom. The van der Waals surface area contributed by atoms with E-state index in [1.54, 1.807) is 0 Å². The fraction of sp³-hybridized carbons (Fsp3) is 0.417. The fourth-order valence-corrected chi connectivity index (χ4v) is 2.69. The third-order valence-corrected chi connectivity index (χ3v) is 4.53. The van der Waals surface area contributed by atoms with Crippen molar-refractivity contribution in [1.82, 2.24) is 14.9 Å². The van der Waals surface area contributed by atoms with E-state index in [0.29, 0.717) is 6.04 Å². The molecule has 4 nitrogen and oxygen atoms in total. The first-order valence-electron chi connectivity index (χ1n) is 10.00. The first-order chi connectivity index (χ1) is 13.9. The minimum Gasteiger partial charge on any atom is -0.334 e. The van der Waals surface area contributed by atoms with Gasteiger partial charge in [-0.2, -0.15) is 0 Å².